The van der Waals surface area contributed by atoms with Gasteiger partial charge in [-0.05, 0) is 30.7 Å². The van der Waals surface area contributed by atoms with Gasteiger partial charge in [0.05, 0.1) is 6.04 Å². The predicted molar refractivity (Wildman–Crippen MR) is 99.5 cm³/mol. The lowest BCUT2D eigenvalue weighted by Crippen LogP contribution is -2.27. The van der Waals surface area contributed by atoms with E-state index in [0.29, 0.717) is 12.2 Å². The van der Waals surface area contributed by atoms with Crippen molar-refractivity contribution in [1.82, 2.24) is 5.32 Å². The Morgan fingerprint density at radius 1 is 0.880 bits per heavy atom. The molecule has 0 aromatic heterocycles. The first kappa shape index (κ1) is 16.8. The molecule has 0 aliphatic carbocycles. The lowest BCUT2D eigenvalue weighted by Gasteiger charge is -2.16. The Labute approximate surface area is 148 Å². The Balaban J connectivity index is 1.70. The van der Waals surface area contributed by atoms with Gasteiger partial charge in [0.15, 0.2) is 0 Å². The van der Waals surface area contributed by atoms with Gasteiger partial charge < -0.3 is 10.1 Å². The first-order valence-electron chi connectivity index (χ1n) is 8.35. The summed E-state index contributed by atoms with van der Waals surface area (Å²) >= 11 is 0. The van der Waals surface area contributed by atoms with E-state index in [1.54, 1.807) is 0 Å². The van der Waals surface area contributed by atoms with Crippen LogP contribution in [0.3, 0.4) is 0 Å². The third-order valence-corrected chi connectivity index (χ3v) is 4.05. The van der Waals surface area contributed by atoms with Crippen molar-refractivity contribution in [3.8, 4) is 5.75 Å². The van der Waals surface area contributed by atoms with Crippen LogP contribution in [0.15, 0.2) is 84.9 Å². The van der Waals surface area contributed by atoms with Crippen LogP contribution < -0.4 is 10.1 Å². The van der Waals surface area contributed by atoms with Gasteiger partial charge in [0.1, 0.15) is 12.4 Å². The maximum Gasteiger partial charge on any atom is 0.252 e. The molecule has 0 heterocycles. The molecule has 0 unspecified atom stereocenters. The van der Waals surface area contributed by atoms with Crippen molar-refractivity contribution >= 4 is 5.91 Å². The number of nitrogens with one attached hydrogen (secondary N) is 1. The second-order valence-electron chi connectivity index (χ2n) is 5.86. The Bertz CT molecular complexity index is 816. The van der Waals surface area contributed by atoms with Gasteiger partial charge >= 0.3 is 0 Å². The molecule has 0 bridgehead atoms. The molecule has 3 nitrogen and oxygen atoms in total. The lowest BCUT2D eigenvalue weighted by molar-refractivity contribution is 0.0937. The van der Waals surface area contributed by atoms with E-state index in [-0.39, 0.29) is 11.9 Å². The van der Waals surface area contributed by atoms with Crippen molar-refractivity contribution in [3.05, 3.63) is 102 Å². The third kappa shape index (κ3) is 4.48. The number of amides is 1. The van der Waals surface area contributed by atoms with Gasteiger partial charge in [0, 0.05) is 11.1 Å². The fourth-order valence-corrected chi connectivity index (χ4v) is 2.64. The summed E-state index contributed by atoms with van der Waals surface area (Å²) in [7, 11) is 0. The summed E-state index contributed by atoms with van der Waals surface area (Å²) in [4.78, 5) is 12.7. The molecular weight excluding hydrogens is 310 g/mol. The van der Waals surface area contributed by atoms with Gasteiger partial charge in [0.2, 0.25) is 0 Å². The zero-order chi connectivity index (χ0) is 17.5. The van der Waals surface area contributed by atoms with Crippen molar-refractivity contribution in [2.75, 3.05) is 0 Å². The maximum atomic E-state index is 12.7. The van der Waals surface area contributed by atoms with E-state index in [2.05, 4.69) is 5.32 Å². The molecule has 3 rings (SSSR count). The first-order chi connectivity index (χ1) is 12.2. The van der Waals surface area contributed by atoms with Crippen molar-refractivity contribution in [2.45, 2.75) is 19.6 Å². The Morgan fingerprint density at radius 2 is 1.48 bits per heavy atom. The molecule has 25 heavy (non-hydrogen) atoms. The highest BCUT2D eigenvalue weighted by molar-refractivity contribution is 5.95. The van der Waals surface area contributed by atoms with Gasteiger partial charge in [-0.1, -0.05) is 66.7 Å². The van der Waals surface area contributed by atoms with Gasteiger partial charge in [-0.25, -0.2) is 0 Å². The van der Waals surface area contributed by atoms with E-state index in [1.807, 2.05) is 91.9 Å². The quantitative estimate of drug-likeness (QED) is 0.707. The minimum atomic E-state index is -0.0939. The summed E-state index contributed by atoms with van der Waals surface area (Å²) in [5.41, 5.74) is 2.58. The second kappa shape index (κ2) is 8.15. The average molecular weight is 331 g/mol. The first-order valence-corrected chi connectivity index (χ1v) is 8.35. The summed E-state index contributed by atoms with van der Waals surface area (Å²) in [5.74, 6) is 0.693. The Hall–Kier alpha value is -3.07. The summed E-state index contributed by atoms with van der Waals surface area (Å²) in [6.45, 7) is 2.34. The molecule has 0 saturated heterocycles. The standard InChI is InChI=1S/C22H21NO2/c1-17(18-10-4-2-5-11-18)23-22(24)21-15-9-8-12-19(21)16-25-20-13-6-3-7-14-20/h2-15,17H,16H2,1H3,(H,23,24)/t17-/m0/s1. The average Bonchev–Trinajstić information content (AvgIpc) is 2.68. The number of hydrogen-bond donors (Lipinski definition) is 1. The number of carbonyl (C=O) groups is 1. The molecule has 0 aliphatic heterocycles. The molecule has 1 amide bonds. The van der Waals surface area contributed by atoms with E-state index in [4.69, 9.17) is 4.74 Å². The van der Waals surface area contributed by atoms with Gasteiger partial charge in [0.25, 0.3) is 5.91 Å². The molecule has 126 valence electrons. The van der Waals surface area contributed by atoms with Crippen LogP contribution in [0.4, 0.5) is 0 Å². The second-order valence-corrected chi connectivity index (χ2v) is 5.86. The molecule has 3 aromatic carbocycles. The minimum Gasteiger partial charge on any atom is -0.489 e. The topological polar surface area (TPSA) is 38.3 Å². The fourth-order valence-electron chi connectivity index (χ4n) is 2.64. The van der Waals surface area contributed by atoms with E-state index in [0.717, 1.165) is 16.9 Å². The lowest BCUT2D eigenvalue weighted by atomic mass is 10.1. The fraction of sp³-hybridized carbons (Fsp3) is 0.136. The molecule has 1 N–H and O–H groups in total. The van der Waals surface area contributed by atoms with Gasteiger partial charge in [-0.2, -0.15) is 0 Å². The number of rotatable bonds is 6. The summed E-state index contributed by atoms with van der Waals surface area (Å²) in [6.07, 6.45) is 0. The third-order valence-electron chi connectivity index (χ3n) is 4.05. The molecule has 0 fully saturated rings. The normalized spacial score (nSPS) is 11.6. The highest BCUT2D eigenvalue weighted by atomic mass is 16.5. The molecule has 3 heteroatoms. The minimum absolute atomic E-state index is 0.0585. The highest BCUT2D eigenvalue weighted by Gasteiger charge is 2.14. The van der Waals surface area contributed by atoms with Gasteiger partial charge in [-0.15, -0.1) is 0 Å². The van der Waals surface area contributed by atoms with E-state index in [1.165, 1.54) is 0 Å². The molecule has 0 saturated carbocycles. The van der Waals surface area contributed by atoms with Crippen LogP contribution in [0, 0.1) is 0 Å². The zero-order valence-electron chi connectivity index (χ0n) is 14.2. The van der Waals surface area contributed by atoms with Crippen LogP contribution in [0.2, 0.25) is 0 Å². The van der Waals surface area contributed by atoms with Crippen molar-refractivity contribution < 1.29 is 9.53 Å². The summed E-state index contributed by atoms with van der Waals surface area (Å²) in [5, 5.41) is 3.06. The van der Waals surface area contributed by atoms with Crippen LogP contribution in [-0.2, 0) is 6.61 Å². The Kier molecular flexibility index (Phi) is 5.47. The van der Waals surface area contributed by atoms with Crippen LogP contribution in [0.5, 0.6) is 5.75 Å². The molecule has 3 aromatic rings. The smallest absolute Gasteiger partial charge is 0.252 e. The zero-order valence-corrected chi connectivity index (χ0v) is 14.2. The number of ether oxygens (including phenoxy) is 1. The molecule has 0 spiro atoms. The summed E-state index contributed by atoms with van der Waals surface area (Å²) in [6, 6.07) is 27.0. The van der Waals surface area contributed by atoms with Crippen LogP contribution >= 0.6 is 0 Å². The van der Waals surface area contributed by atoms with E-state index < -0.39 is 0 Å². The van der Waals surface area contributed by atoms with E-state index >= 15 is 0 Å². The molecular formula is C22H21NO2. The maximum absolute atomic E-state index is 12.7. The monoisotopic (exact) mass is 331 g/mol. The van der Waals surface area contributed by atoms with Crippen LogP contribution in [0.25, 0.3) is 0 Å². The number of carbonyl (C=O) groups excluding carboxylic acids is 1. The van der Waals surface area contributed by atoms with Crippen LogP contribution in [-0.4, -0.2) is 5.91 Å². The van der Waals surface area contributed by atoms with Crippen molar-refractivity contribution in [3.63, 3.8) is 0 Å². The predicted octanol–water partition coefficient (Wildman–Crippen LogP) is 4.76. The number of hydrogen-bond acceptors (Lipinski definition) is 2. The SMILES string of the molecule is C[C@H](NC(=O)c1ccccc1COc1ccccc1)c1ccccc1. The van der Waals surface area contributed by atoms with Crippen LogP contribution in [0.1, 0.15) is 34.5 Å². The van der Waals surface area contributed by atoms with E-state index in [9.17, 15) is 4.79 Å². The molecule has 1 atom stereocenters. The number of benzene rings is 3. The van der Waals surface area contributed by atoms with Gasteiger partial charge in [-0.3, -0.25) is 4.79 Å². The molecule has 0 radical (unpaired) electrons. The molecule has 0 aliphatic rings. The Morgan fingerprint density at radius 3 is 2.20 bits per heavy atom. The van der Waals surface area contributed by atoms with Crippen molar-refractivity contribution in [1.29, 1.82) is 0 Å². The summed E-state index contributed by atoms with van der Waals surface area (Å²) < 4.78 is 5.79. The number of para-hydroxylation sites is 1. The van der Waals surface area contributed by atoms with Crippen molar-refractivity contribution in [2.24, 2.45) is 0 Å². The highest BCUT2D eigenvalue weighted by Crippen LogP contribution is 2.17. The largest absolute Gasteiger partial charge is 0.489 e.